The summed E-state index contributed by atoms with van der Waals surface area (Å²) in [6.07, 6.45) is 2.93. The van der Waals surface area contributed by atoms with Crippen LogP contribution in [0.5, 0.6) is 0 Å². The van der Waals surface area contributed by atoms with Crippen molar-refractivity contribution in [3.63, 3.8) is 0 Å². The second-order valence-electron chi connectivity index (χ2n) is 11.9. The van der Waals surface area contributed by atoms with Crippen LogP contribution < -0.4 is 16.0 Å². The molecule has 0 saturated heterocycles. The van der Waals surface area contributed by atoms with Crippen LogP contribution in [0.2, 0.25) is 0 Å². The van der Waals surface area contributed by atoms with Crippen molar-refractivity contribution in [3.05, 3.63) is 74.8 Å². The van der Waals surface area contributed by atoms with E-state index in [2.05, 4.69) is 22.0 Å². The number of fused-ring (bicyclic) bond motifs is 2. The van der Waals surface area contributed by atoms with E-state index in [1.165, 1.54) is 22.6 Å². The molecule has 2 aromatic rings. The van der Waals surface area contributed by atoms with Crippen LogP contribution in [0.25, 0.3) is 0 Å². The van der Waals surface area contributed by atoms with Crippen LogP contribution in [0.4, 0.5) is 5.69 Å². The SMILES string of the molecule is CN[C@@H](C)C(=O)N[C@H](C(=O)N1Cc2cc([N+](=O)[O-])ccc2C[C@H]1C(=O)N[C@@H]1CCCc2ccccc21)C(C)(C)C. The van der Waals surface area contributed by atoms with Gasteiger partial charge in [0.15, 0.2) is 0 Å². The number of carbonyl (C=O) groups excluding carboxylic acids is 3. The molecule has 0 saturated carbocycles. The predicted octanol–water partition coefficient (Wildman–Crippen LogP) is 3.18. The Morgan fingerprint density at radius 3 is 2.48 bits per heavy atom. The van der Waals surface area contributed by atoms with E-state index in [0.717, 1.165) is 30.4 Å². The Morgan fingerprint density at radius 2 is 1.80 bits per heavy atom. The molecule has 1 aliphatic heterocycles. The molecule has 0 fully saturated rings. The number of carbonyl (C=O) groups is 3. The van der Waals surface area contributed by atoms with Crippen LogP contribution >= 0.6 is 0 Å². The molecule has 10 heteroatoms. The van der Waals surface area contributed by atoms with Gasteiger partial charge in [0.2, 0.25) is 17.7 Å². The Balaban J connectivity index is 1.68. The highest BCUT2D eigenvalue weighted by Crippen LogP contribution is 2.33. The Kier molecular flexibility index (Phi) is 8.58. The van der Waals surface area contributed by atoms with Gasteiger partial charge in [-0.1, -0.05) is 51.1 Å². The maximum Gasteiger partial charge on any atom is 0.269 e. The predicted molar refractivity (Wildman–Crippen MR) is 151 cm³/mol. The number of benzene rings is 2. The minimum atomic E-state index is -0.915. The zero-order chi connectivity index (χ0) is 29.2. The van der Waals surface area contributed by atoms with Crippen LogP contribution in [0.3, 0.4) is 0 Å². The van der Waals surface area contributed by atoms with Crippen molar-refractivity contribution in [3.8, 4) is 0 Å². The molecule has 10 nitrogen and oxygen atoms in total. The molecule has 4 rings (SSSR count). The number of amides is 3. The highest BCUT2D eigenvalue weighted by atomic mass is 16.6. The summed E-state index contributed by atoms with van der Waals surface area (Å²) in [7, 11) is 1.66. The van der Waals surface area contributed by atoms with Gasteiger partial charge in [0, 0.05) is 25.1 Å². The lowest BCUT2D eigenvalue weighted by atomic mass is 9.83. The van der Waals surface area contributed by atoms with E-state index < -0.39 is 34.4 Å². The summed E-state index contributed by atoms with van der Waals surface area (Å²) in [6.45, 7) is 7.30. The molecule has 0 radical (unpaired) electrons. The van der Waals surface area contributed by atoms with E-state index in [1.807, 2.05) is 39.0 Å². The lowest BCUT2D eigenvalue weighted by Crippen LogP contribution is -2.62. The Morgan fingerprint density at radius 1 is 1.07 bits per heavy atom. The summed E-state index contributed by atoms with van der Waals surface area (Å²) in [6, 6.07) is 10.2. The highest BCUT2D eigenvalue weighted by Gasteiger charge is 2.43. The van der Waals surface area contributed by atoms with Crippen molar-refractivity contribution in [1.82, 2.24) is 20.9 Å². The van der Waals surface area contributed by atoms with Crippen molar-refractivity contribution < 1.29 is 19.3 Å². The average Bonchev–Trinajstić information content (AvgIpc) is 2.93. The molecule has 0 aromatic heterocycles. The first-order valence-electron chi connectivity index (χ1n) is 13.8. The van der Waals surface area contributed by atoms with Crippen molar-refractivity contribution >= 4 is 23.4 Å². The summed E-state index contributed by atoms with van der Waals surface area (Å²) in [5, 5.41) is 20.4. The van der Waals surface area contributed by atoms with E-state index >= 15 is 0 Å². The van der Waals surface area contributed by atoms with Crippen LogP contribution in [-0.4, -0.2) is 52.7 Å². The van der Waals surface area contributed by atoms with Crippen molar-refractivity contribution in [1.29, 1.82) is 0 Å². The van der Waals surface area contributed by atoms with Gasteiger partial charge in [0.05, 0.1) is 17.0 Å². The third-order valence-electron chi connectivity index (χ3n) is 8.03. The monoisotopic (exact) mass is 549 g/mol. The molecule has 2 aliphatic rings. The second-order valence-corrected chi connectivity index (χ2v) is 11.9. The molecule has 0 unspecified atom stereocenters. The summed E-state index contributed by atoms with van der Waals surface area (Å²) in [4.78, 5) is 53.4. The highest BCUT2D eigenvalue weighted by molar-refractivity contribution is 5.94. The summed E-state index contributed by atoms with van der Waals surface area (Å²) >= 11 is 0. The first-order valence-corrected chi connectivity index (χ1v) is 13.8. The molecule has 0 spiro atoms. The number of nitro benzene ring substituents is 1. The number of rotatable bonds is 7. The summed E-state index contributed by atoms with van der Waals surface area (Å²) < 4.78 is 0. The molecule has 2 aromatic carbocycles. The first-order chi connectivity index (χ1) is 18.9. The summed E-state index contributed by atoms with van der Waals surface area (Å²) in [5.74, 6) is -1.00. The summed E-state index contributed by atoms with van der Waals surface area (Å²) in [5.41, 5.74) is 2.98. The average molecular weight is 550 g/mol. The molecule has 4 atom stereocenters. The van der Waals surface area contributed by atoms with Crippen LogP contribution in [-0.2, 0) is 33.8 Å². The first kappa shape index (κ1) is 29.2. The number of nitrogens with one attached hydrogen (secondary N) is 3. The number of aryl methyl sites for hydroxylation is 1. The lowest BCUT2D eigenvalue weighted by Gasteiger charge is -2.41. The van der Waals surface area contributed by atoms with Crippen LogP contribution in [0.1, 0.15) is 68.8 Å². The maximum atomic E-state index is 14.2. The number of hydrogen-bond acceptors (Lipinski definition) is 6. The van der Waals surface area contributed by atoms with Gasteiger partial charge in [-0.05, 0) is 60.9 Å². The largest absolute Gasteiger partial charge is 0.347 e. The molecular formula is C30H39N5O5. The van der Waals surface area contributed by atoms with Gasteiger partial charge in [-0.15, -0.1) is 0 Å². The van der Waals surface area contributed by atoms with Gasteiger partial charge in [-0.2, -0.15) is 0 Å². The third-order valence-corrected chi connectivity index (χ3v) is 8.03. The second kappa shape index (κ2) is 11.8. The van der Waals surface area contributed by atoms with Gasteiger partial charge >= 0.3 is 0 Å². The topological polar surface area (TPSA) is 134 Å². The quantitative estimate of drug-likeness (QED) is 0.359. The van der Waals surface area contributed by atoms with Crippen molar-refractivity contribution in [2.45, 2.75) is 84.1 Å². The molecule has 40 heavy (non-hydrogen) atoms. The lowest BCUT2D eigenvalue weighted by molar-refractivity contribution is -0.385. The molecule has 0 bridgehead atoms. The third kappa shape index (κ3) is 6.17. The smallest absolute Gasteiger partial charge is 0.269 e. The Hall–Kier alpha value is -3.79. The van der Waals surface area contributed by atoms with Gasteiger partial charge < -0.3 is 20.9 Å². The zero-order valence-electron chi connectivity index (χ0n) is 23.8. The van der Waals surface area contributed by atoms with Crippen molar-refractivity contribution in [2.24, 2.45) is 5.41 Å². The number of likely N-dealkylation sites (N-methyl/N-ethyl adjacent to an activating group) is 1. The zero-order valence-corrected chi connectivity index (χ0v) is 23.8. The van der Waals surface area contributed by atoms with E-state index in [1.54, 1.807) is 20.0 Å². The van der Waals surface area contributed by atoms with Gasteiger partial charge in [0.25, 0.3) is 5.69 Å². The molecule has 214 valence electrons. The van der Waals surface area contributed by atoms with Crippen LogP contribution in [0.15, 0.2) is 42.5 Å². The van der Waals surface area contributed by atoms with E-state index in [4.69, 9.17) is 0 Å². The molecule has 1 heterocycles. The number of nitro groups is 1. The van der Waals surface area contributed by atoms with Crippen molar-refractivity contribution in [2.75, 3.05) is 7.05 Å². The van der Waals surface area contributed by atoms with E-state index in [0.29, 0.717) is 5.56 Å². The van der Waals surface area contributed by atoms with Gasteiger partial charge in [-0.25, -0.2) is 0 Å². The number of non-ortho nitro benzene ring substituents is 1. The standard InChI is InChI=1S/C30H39N5O5/c1-18(31-5)27(36)33-26(30(2,3)4)29(38)34-17-21-15-22(35(39)40)14-13-20(21)16-25(34)28(37)32-24-12-8-10-19-9-6-7-11-23(19)24/h6-7,9,11,13-15,18,24-26,31H,8,10,12,16-17H2,1-5H3,(H,32,37)(H,33,36)/t18-,24+,25-,26+/m0/s1. The van der Waals surface area contributed by atoms with E-state index in [9.17, 15) is 24.5 Å². The fraction of sp³-hybridized carbons (Fsp3) is 0.500. The number of hydrogen-bond donors (Lipinski definition) is 3. The molecule has 3 amide bonds. The molecule has 1 aliphatic carbocycles. The fourth-order valence-electron chi connectivity index (χ4n) is 5.53. The molecule has 3 N–H and O–H groups in total. The Labute approximate surface area is 235 Å². The minimum Gasteiger partial charge on any atom is -0.347 e. The number of nitrogens with zero attached hydrogens (tertiary/aromatic N) is 2. The van der Waals surface area contributed by atoms with Crippen LogP contribution in [0, 0.1) is 15.5 Å². The van der Waals surface area contributed by atoms with E-state index in [-0.39, 0.29) is 36.5 Å². The minimum absolute atomic E-state index is 0.0270. The fourth-order valence-corrected chi connectivity index (χ4v) is 5.53. The normalized spacial score (nSPS) is 20.0. The maximum absolute atomic E-state index is 14.2. The van der Waals surface area contributed by atoms with Gasteiger partial charge in [0.1, 0.15) is 12.1 Å². The van der Waals surface area contributed by atoms with Gasteiger partial charge in [-0.3, -0.25) is 24.5 Å². The molecular weight excluding hydrogens is 510 g/mol. The Bertz CT molecular complexity index is 1300.